The van der Waals surface area contributed by atoms with E-state index in [1.54, 1.807) is 0 Å². The highest BCUT2D eigenvalue weighted by molar-refractivity contribution is 5.98. The van der Waals surface area contributed by atoms with E-state index in [4.69, 9.17) is 9.73 Å². The summed E-state index contributed by atoms with van der Waals surface area (Å²) in [5, 5.41) is 11.3. The standard InChI is InChI=1S/C32H36N2O3/c1-3-4-12-29-33-32(19-8-9-20-32)31(36)34(29)22-23-13-15-25(16-14-23)28-21-26(24-10-6-5-7-11-24)17-18-27(28)30(35)37-2/h5-7,10-11,13-18,21,31,36H,3-4,8-9,12,19-20,22H2,1-2H3. The second-order valence-corrected chi connectivity index (χ2v) is 10.3. The number of ether oxygens (including phenoxy) is 1. The highest BCUT2D eigenvalue weighted by atomic mass is 16.5. The highest BCUT2D eigenvalue weighted by Gasteiger charge is 2.48. The van der Waals surface area contributed by atoms with Crippen LogP contribution in [0.25, 0.3) is 22.3 Å². The number of aliphatic hydroxyl groups is 1. The Bertz CT molecular complexity index is 1260. The fourth-order valence-electron chi connectivity index (χ4n) is 5.75. The minimum atomic E-state index is -0.560. The van der Waals surface area contributed by atoms with Gasteiger partial charge in [-0.2, -0.15) is 0 Å². The maximum absolute atomic E-state index is 12.6. The third kappa shape index (κ3) is 5.05. The molecule has 2 aliphatic rings. The first-order chi connectivity index (χ1) is 18.0. The quantitative estimate of drug-likeness (QED) is 0.347. The van der Waals surface area contributed by atoms with E-state index in [-0.39, 0.29) is 11.5 Å². The molecule has 1 aliphatic carbocycles. The van der Waals surface area contributed by atoms with Gasteiger partial charge in [-0.15, -0.1) is 0 Å². The first-order valence-corrected chi connectivity index (χ1v) is 13.5. The number of benzene rings is 3. The van der Waals surface area contributed by atoms with Crippen LogP contribution in [0.5, 0.6) is 0 Å². The van der Waals surface area contributed by atoms with Crippen molar-refractivity contribution in [2.45, 2.75) is 70.2 Å². The van der Waals surface area contributed by atoms with Crippen molar-refractivity contribution in [2.24, 2.45) is 4.99 Å². The highest BCUT2D eigenvalue weighted by Crippen LogP contribution is 2.42. The second kappa shape index (κ2) is 10.9. The molecule has 0 aromatic heterocycles. The zero-order chi connectivity index (χ0) is 25.8. The van der Waals surface area contributed by atoms with Crippen molar-refractivity contribution in [1.29, 1.82) is 0 Å². The number of aliphatic imine (C=N–C) groups is 1. The molecule has 0 radical (unpaired) electrons. The van der Waals surface area contributed by atoms with Gasteiger partial charge in [-0.3, -0.25) is 4.99 Å². The fourth-order valence-corrected chi connectivity index (χ4v) is 5.75. The normalized spacial score (nSPS) is 18.3. The predicted molar refractivity (Wildman–Crippen MR) is 148 cm³/mol. The van der Waals surface area contributed by atoms with Crippen LogP contribution < -0.4 is 0 Å². The van der Waals surface area contributed by atoms with Crippen molar-refractivity contribution >= 4 is 11.8 Å². The largest absolute Gasteiger partial charge is 0.465 e. The number of methoxy groups -OCH3 is 1. The first-order valence-electron chi connectivity index (χ1n) is 13.5. The number of carbonyl (C=O) groups excluding carboxylic acids is 1. The van der Waals surface area contributed by atoms with Crippen molar-refractivity contribution in [3.63, 3.8) is 0 Å². The molecule has 0 saturated heterocycles. The molecule has 1 atom stereocenters. The van der Waals surface area contributed by atoms with Crippen LogP contribution in [0, 0.1) is 0 Å². The molecule has 1 spiro atoms. The minimum absolute atomic E-state index is 0.323. The fraction of sp³-hybridized carbons (Fsp3) is 0.375. The Balaban J connectivity index is 1.42. The topological polar surface area (TPSA) is 62.1 Å². The number of hydrogen-bond donors (Lipinski definition) is 1. The molecular formula is C32H36N2O3. The molecular weight excluding hydrogens is 460 g/mol. The van der Waals surface area contributed by atoms with Gasteiger partial charge in [0.25, 0.3) is 0 Å². The van der Waals surface area contributed by atoms with Gasteiger partial charge in [0.1, 0.15) is 11.4 Å². The molecule has 5 rings (SSSR count). The number of nitrogens with zero attached hydrogens (tertiary/aromatic N) is 2. The average Bonchev–Trinajstić information content (AvgIpc) is 3.52. The maximum atomic E-state index is 12.6. The first kappa shape index (κ1) is 25.2. The Kier molecular flexibility index (Phi) is 7.43. The third-order valence-corrected chi connectivity index (χ3v) is 7.83. The molecule has 0 bridgehead atoms. The second-order valence-electron chi connectivity index (χ2n) is 10.3. The Morgan fingerprint density at radius 3 is 2.38 bits per heavy atom. The minimum Gasteiger partial charge on any atom is -0.465 e. The molecule has 192 valence electrons. The Morgan fingerprint density at radius 2 is 1.70 bits per heavy atom. The van der Waals surface area contributed by atoms with Gasteiger partial charge >= 0.3 is 5.97 Å². The van der Waals surface area contributed by atoms with Crippen molar-refractivity contribution < 1.29 is 14.6 Å². The SMILES string of the molecule is CCCCC1=NC2(CCCC2)C(O)N1Cc1ccc(-c2cc(-c3ccccc3)ccc2C(=O)OC)cc1. The van der Waals surface area contributed by atoms with Crippen LogP contribution in [0.2, 0.25) is 0 Å². The van der Waals surface area contributed by atoms with E-state index in [9.17, 15) is 9.90 Å². The predicted octanol–water partition coefficient (Wildman–Crippen LogP) is 6.84. The number of carbonyl (C=O) groups is 1. The lowest BCUT2D eigenvalue weighted by Gasteiger charge is -2.31. The van der Waals surface area contributed by atoms with E-state index < -0.39 is 6.23 Å². The van der Waals surface area contributed by atoms with Crippen molar-refractivity contribution in [2.75, 3.05) is 7.11 Å². The number of unbranched alkanes of at least 4 members (excludes halogenated alkanes) is 1. The molecule has 3 aromatic rings. The van der Waals surface area contributed by atoms with Gasteiger partial charge in [-0.25, -0.2) is 4.79 Å². The molecule has 1 aliphatic heterocycles. The van der Waals surface area contributed by atoms with Gasteiger partial charge < -0.3 is 14.7 Å². The lowest BCUT2D eigenvalue weighted by molar-refractivity contribution is 0.00295. The molecule has 0 amide bonds. The van der Waals surface area contributed by atoms with Crippen LogP contribution in [0.1, 0.15) is 67.8 Å². The summed E-state index contributed by atoms with van der Waals surface area (Å²) in [5.41, 5.74) is 5.27. The molecule has 1 saturated carbocycles. The lowest BCUT2D eigenvalue weighted by Crippen LogP contribution is -2.45. The van der Waals surface area contributed by atoms with Crippen LogP contribution in [-0.2, 0) is 11.3 Å². The van der Waals surface area contributed by atoms with Crippen LogP contribution >= 0.6 is 0 Å². The number of esters is 1. The molecule has 5 heteroatoms. The number of aliphatic hydroxyl groups excluding tert-OH is 1. The molecule has 1 unspecified atom stereocenters. The van der Waals surface area contributed by atoms with Gasteiger partial charge in [-0.1, -0.05) is 86.8 Å². The summed E-state index contributed by atoms with van der Waals surface area (Å²) >= 11 is 0. The van der Waals surface area contributed by atoms with Gasteiger partial charge in [0, 0.05) is 13.0 Å². The smallest absolute Gasteiger partial charge is 0.338 e. The monoisotopic (exact) mass is 496 g/mol. The molecule has 1 heterocycles. The van der Waals surface area contributed by atoms with Crippen molar-refractivity contribution in [3.05, 3.63) is 83.9 Å². The van der Waals surface area contributed by atoms with E-state index in [0.29, 0.717) is 12.1 Å². The Morgan fingerprint density at radius 1 is 1.00 bits per heavy atom. The van der Waals surface area contributed by atoms with Crippen LogP contribution in [0.3, 0.4) is 0 Å². The van der Waals surface area contributed by atoms with Crippen molar-refractivity contribution in [1.82, 2.24) is 4.90 Å². The third-order valence-electron chi connectivity index (χ3n) is 7.83. The number of hydrogen-bond acceptors (Lipinski definition) is 5. The van der Waals surface area contributed by atoms with E-state index >= 15 is 0 Å². The van der Waals surface area contributed by atoms with Crippen molar-refractivity contribution in [3.8, 4) is 22.3 Å². The number of amidine groups is 1. The van der Waals surface area contributed by atoms with E-state index in [1.165, 1.54) is 7.11 Å². The molecule has 5 nitrogen and oxygen atoms in total. The summed E-state index contributed by atoms with van der Waals surface area (Å²) in [6.07, 6.45) is 6.72. The van der Waals surface area contributed by atoms with Gasteiger partial charge in [0.05, 0.1) is 12.7 Å². The summed E-state index contributed by atoms with van der Waals surface area (Å²) in [7, 11) is 1.41. The number of rotatable bonds is 8. The summed E-state index contributed by atoms with van der Waals surface area (Å²) in [6, 6.07) is 24.3. The summed E-state index contributed by atoms with van der Waals surface area (Å²) < 4.78 is 5.07. The zero-order valence-corrected chi connectivity index (χ0v) is 21.8. The van der Waals surface area contributed by atoms with Gasteiger partial charge in [0.2, 0.25) is 0 Å². The molecule has 3 aromatic carbocycles. The van der Waals surface area contributed by atoms with Crippen LogP contribution in [0.15, 0.2) is 77.8 Å². The van der Waals surface area contributed by atoms with E-state index in [2.05, 4.69) is 54.3 Å². The lowest BCUT2D eigenvalue weighted by atomic mass is 9.94. The summed E-state index contributed by atoms with van der Waals surface area (Å²) in [5.74, 6) is 0.696. The Hall–Kier alpha value is -3.44. The molecule has 1 fully saturated rings. The van der Waals surface area contributed by atoms with E-state index in [0.717, 1.165) is 78.6 Å². The van der Waals surface area contributed by atoms with Gasteiger partial charge in [-0.05, 0) is 59.2 Å². The molecule has 1 N–H and O–H groups in total. The molecule has 37 heavy (non-hydrogen) atoms. The summed E-state index contributed by atoms with van der Waals surface area (Å²) in [6.45, 7) is 2.81. The maximum Gasteiger partial charge on any atom is 0.338 e. The van der Waals surface area contributed by atoms with E-state index in [1.807, 2.05) is 30.3 Å². The van der Waals surface area contributed by atoms with Gasteiger partial charge in [0.15, 0.2) is 6.23 Å². The van der Waals surface area contributed by atoms with Crippen LogP contribution in [-0.4, -0.2) is 40.7 Å². The van der Waals surface area contributed by atoms with Crippen LogP contribution in [0.4, 0.5) is 0 Å². The summed E-state index contributed by atoms with van der Waals surface area (Å²) in [4.78, 5) is 19.8. The zero-order valence-electron chi connectivity index (χ0n) is 21.8. The Labute approximate surface area is 219 Å². The average molecular weight is 497 g/mol.